The van der Waals surface area contributed by atoms with Crippen molar-refractivity contribution in [3.63, 3.8) is 0 Å². The van der Waals surface area contributed by atoms with Crippen LogP contribution >= 0.6 is 11.6 Å². The van der Waals surface area contributed by atoms with Crippen molar-refractivity contribution in [3.8, 4) is 11.5 Å². The highest BCUT2D eigenvalue weighted by Crippen LogP contribution is 2.36. The minimum atomic E-state index is -4.29. The molecule has 236 valence electrons. The topological polar surface area (TPSA) is 105 Å². The zero-order valence-electron chi connectivity index (χ0n) is 25.6. The zero-order chi connectivity index (χ0) is 31.9. The highest BCUT2D eigenvalue weighted by Gasteiger charge is 2.36. The molecule has 2 amide bonds. The fourth-order valence-corrected chi connectivity index (χ4v) is 7.05. The number of carbonyl (C=O) groups is 2. The third-order valence-electron chi connectivity index (χ3n) is 7.93. The van der Waals surface area contributed by atoms with Crippen LogP contribution in [0.4, 0.5) is 5.69 Å². The van der Waals surface area contributed by atoms with Crippen LogP contribution in [-0.2, 0) is 26.2 Å². The lowest BCUT2D eigenvalue weighted by atomic mass is 10.1. The summed E-state index contributed by atoms with van der Waals surface area (Å²) in [6.45, 7) is 3.11. The Morgan fingerprint density at radius 3 is 2.30 bits per heavy atom. The van der Waals surface area contributed by atoms with Crippen LogP contribution in [0.3, 0.4) is 0 Å². The third kappa shape index (κ3) is 7.65. The van der Waals surface area contributed by atoms with E-state index >= 15 is 0 Å². The Labute approximate surface area is 265 Å². The lowest BCUT2D eigenvalue weighted by molar-refractivity contribution is -0.140. The van der Waals surface area contributed by atoms with Gasteiger partial charge in [0.25, 0.3) is 10.0 Å². The number of anilines is 1. The van der Waals surface area contributed by atoms with Crippen LogP contribution in [0.25, 0.3) is 0 Å². The number of halogens is 1. The molecule has 0 saturated heterocycles. The van der Waals surface area contributed by atoms with Gasteiger partial charge in [-0.25, -0.2) is 8.42 Å². The summed E-state index contributed by atoms with van der Waals surface area (Å²) < 4.78 is 40.4. The van der Waals surface area contributed by atoms with Crippen molar-refractivity contribution in [1.82, 2.24) is 10.2 Å². The summed E-state index contributed by atoms with van der Waals surface area (Å²) in [6.07, 6.45) is 4.18. The molecular weight excluding hydrogens is 602 g/mol. The van der Waals surface area contributed by atoms with Gasteiger partial charge in [0.2, 0.25) is 11.8 Å². The molecule has 3 aromatic carbocycles. The molecule has 0 radical (unpaired) electrons. The Bertz CT molecular complexity index is 1560. The number of aryl methyl sites for hydroxylation is 1. The molecule has 1 saturated carbocycles. The molecule has 0 bridgehead atoms. The molecule has 44 heavy (non-hydrogen) atoms. The summed E-state index contributed by atoms with van der Waals surface area (Å²) in [4.78, 5) is 29.5. The van der Waals surface area contributed by atoms with E-state index in [1.807, 2.05) is 13.8 Å². The molecule has 0 aliphatic heterocycles. The van der Waals surface area contributed by atoms with Gasteiger partial charge < -0.3 is 19.7 Å². The van der Waals surface area contributed by atoms with Gasteiger partial charge in [0.15, 0.2) is 0 Å². The molecule has 3 aromatic rings. The molecule has 0 spiro atoms. The number of nitrogens with zero attached hydrogens (tertiary/aromatic N) is 2. The predicted octanol–water partition coefficient (Wildman–Crippen LogP) is 5.73. The second kappa shape index (κ2) is 14.8. The van der Waals surface area contributed by atoms with E-state index < -0.39 is 28.5 Å². The first-order valence-corrected chi connectivity index (χ1v) is 16.6. The average molecular weight is 642 g/mol. The van der Waals surface area contributed by atoms with Crippen molar-refractivity contribution < 1.29 is 27.5 Å². The summed E-state index contributed by atoms with van der Waals surface area (Å²) in [5, 5.41) is 3.55. The summed E-state index contributed by atoms with van der Waals surface area (Å²) in [7, 11) is -1.39. The summed E-state index contributed by atoms with van der Waals surface area (Å²) in [6, 6.07) is 17.4. The average Bonchev–Trinajstić information content (AvgIpc) is 3.53. The van der Waals surface area contributed by atoms with Crippen LogP contribution in [0.1, 0.15) is 50.2 Å². The van der Waals surface area contributed by atoms with Gasteiger partial charge in [-0.1, -0.05) is 67.3 Å². The van der Waals surface area contributed by atoms with E-state index in [0.717, 1.165) is 35.6 Å². The zero-order valence-corrected chi connectivity index (χ0v) is 27.2. The molecule has 1 aliphatic rings. The molecule has 0 aromatic heterocycles. The van der Waals surface area contributed by atoms with Crippen LogP contribution in [0, 0.1) is 6.92 Å². The fraction of sp³-hybridized carbons (Fsp3) is 0.394. The van der Waals surface area contributed by atoms with Crippen LogP contribution in [-0.4, -0.2) is 58.0 Å². The molecule has 0 heterocycles. The van der Waals surface area contributed by atoms with Crippen molar-refractivity contribution in [2.24, 2.45) is 0 Å². The van der Waals surface area contributed by atoms with E-state index in [1.54, 1.807) is 48.5 Å². The Hall–Kier alpha value is -3.76. The fourth-order valence-electron chi connectivity index (χ4n) is 5.44. The SMILES string of the molecule is CC[C@H](C(=O)NC1CCCC1)N(Cc1ccccc1Cl)C(=O)CN(c1cc(OC)ccc1OC)S(=O)(=O)c1ccc(C)cc1. The molecule has 1 fully saturated rings. The maximum Gasteiger partial charge on any atom is 0.264 e. The lowest BCUT2D eigenvalue weighted by Crippen LogP contribution is -2.53. The van der Waals surface area contributed by atoms with Crippen LogP contribution in [0.2, 0.25) is 5.02 Å². The molecule has 0 unspecified atom stereocenters. The number of nitrogens with one attached hydrogen (secondary N) is 1. The van der Waals surface area contributed by atoms with E-state index in [-0.39, 0.29) is 34.8 Å². The predicted molar refractivity (Wildman–Crippen MR) is 172 cm³/mol. The second-order valence-electron chi connectivity index (χ2n) is 10.9. The molecule has 9 nitrogen and oxygen atoms in total. The number of hydrogen-bond donors (Lipinski definition) is 1. The number of carbonyl (C=O) groups excluding carboxylic acids is 2. The molecular formula is C33H40ClN3O6S. The molecule has 11 heteroatoms. The number of methoxy groups -OCH3 is 2. The molecule has 4 rings (SSSR count). The highest BCUT2D eigenvalue weighted by atomic mass is 35.5. The van der Waals surface area contributed by atoms with Crippen molar-refractivity contribution in [1.29, 1.82) is 0 Å². The van der Waals surface area contributed by atoms with E-state index in [4.69, 9.17) is 21.1 Å². The number of hydrogen-bond acceptors (Lipinski definition) is 6. The first kappa shape index (κ1) is 33.1. The van der Waals surface area contributed by atoms with Gasteiger partial charge in [-0.2, -0.15) is 0 Å². The third-order valence-corrected chi connectivity index (χ3v) is 10.1. The maximum absolute atomic E-state index is 14.4. The van der Waals surface area contributed by atoms with Gasteiger partial charge in [0.05, 0.1) is 24.8 Å². The Morgan fingerprint density at radius 2 is 1.68 bits per heavy atom. The van der Waals surface area contributed by atoms with Gasteiger partial charge in [0, 0.05) is 23.7 Å². The first-order chi connectivity index (χ1) is 21.1. The van der Waals surface area contributed by atoms with Crippen LogP contribution < -0.4 is 19.1 Å². The summed E-state index contributed by atoms with van der Waals surface area (Å²) >= 11 is 6.50. The van der Waals surface area contributed by atoms with Gasteiger partial charge in [0.1, 0.15) is 24.1 Å². The smallest absolute Gasteiger partial charge is 0.264 e. The Balaban J connectivity index is 1.79. The monoisotopic (exact) mass is 641 g/mol. The highest BCUT2D eigenvalue weighted by molar-refractivity contribution is 7.92. The van der Waals surface area contributed by atoms with E-state index in [1.165, 1.54) is 37.3 Å². The van der Waals surface area contributed by atoms with Crippen molar-refractivity contribution >= 4 is 39.1 Å². The Morgan fingerprint density at radius 1 is 1.00 bits per heavy atom. The standard InChI is InChI=1S/C33H40ClN3O6S/c1-5-29(33(39)35-25-11-7-8-12-25)36(21-24-10-6-9-13-28(24)34)32(38)22-37(30-20-26(42-3)16-19-31(30)43-4)44(40,41)27-17-14-23(2)15-18-27/h6,9-10,13-20,25,29H,5,7-8,11-12,21-22H2,1-4H3,(H,35,39)/t29-/m1/s1. The van der Waals surface area contributed by atoms with Crippen LogP contribution in [0.15, 0.2) is 71.6 Å². The number of sulfonamides is 1. The van der Waals surface area contributed by atoms with Crippen molar-refractivity contribution in [2.75, 3.05) is 25.1 Å². The quantitative estimate of drug-likeness (QED) is 0.256. The van der Waals surface area contributed by atoms with Crippen molar-refractivity contribution in [3.05, 3.63) is 82.9 Å². The maximum atomic E-state index is 14.4. The van der Waals surface area contributed by atoms with Gasteiger partial charge in [-0.05, 0) is 62.1 Å². The van der Waals surface area contributed by atoms with Gasteiger partial charge in [-0.15, -0.1) is 0 Å². The largest absolute Gasteiger partial charge is 0.497 e. The Kier molecular flexibility index (Phi) is 11.2. The van der Waals surface area contributed by atoms with Gasteiger partial charge >= 0.3 is 0 Å². The number of benzene rings is 3. The van der Waals surface area contributed by atoms with Gasteiger partial charge in [-0.3, -0.25) is 13.9 Å². The minimum absolute atomic E-state index is 0.00412. The van der Waals surface area contributed by atoms with Crippen molar-refractivity contribution in [2.45, 2.75) is 69.5 Å². The van der Waals surface area contributed by atoms with E-state index in [0.29, 0.717) is 22.8 Å². The molecule has 1 N–H and O–H groups in total. The first-order valence-electron chi connectivity index (χ1n) is 14.7. The summed E-state index contributed by atoms with van der Waals surface area (Å²) in [5.74, 6) is -0.226. The normalized spacial score (nSPS) is 14.1. The second-order valence-corrected chi connectivity index (χ2v) is 13.2. The van der Waals surface area contributed by atoms with Crippen LogP contribution in [0.5, 0.6) is 11.5 Å². The number of amides is 2. The number of rotatable bonds is 13. The molecule has 1 aliphatic carbocycles. The number of ether oxygens (including phenoxy) is 2. The van der Waals surface area contributed by atoms with E-state index in [9.17, 15) is 18.0 Å². The summed E-state index contributed by atoms with van der Waals surface area (Å²) in [5.41, 5.74) is 1.65. The van der Waals surface area contributed by atoms with E-state index in [2.05, 4.69) is 5.32 Å². The lowest BCUT2D eigenvalue weighted by Gasteiger charge is -2.34. The minimum Gasteiger partial charge on any atom is -0.497 e. The molecule has 1 atom stereocenters.